The molecule has 0 radical (unpaired) electrons. The molecule has 3 aliphatic rings. The van der Waals surface area contributed by atoms with Gasteiger partial charge in [-0.1, -0.05) is 46.8 Å². The van der Waals surface area contributed by atoms with Crippen LogP contribution in [0.4, 0.5) is 4.79 Å². The number of carbonyl (C=O) groups is 4. The molecule has 1 aromatic rings. The molecule has 1 unspecified atom stereocenters. The van der Waals surface area contributed by atoms with Crippen molar-refractivity contribution in [1.82, 2.24) is 10.6 Å². The SMILES string of the molecule is CC[C@@]1(C)CC(OC(=O)CSc2ccc(CC(=O)NCCCNC(=O)OC(C)(C)C)cc2)[C@]2(C)[C@H](C)CC[C@]3(CCC(=O)[C@H]32)[C@@H](C)[C@@H]1O. The zero-order valence-corrected chi connectivity index (χ0v) is 31.1. The van der Waals surface area contributed by atoms with E-state index in [1.165, 1.54) is 11.8 Å². The Bertz CT molecular complexity index is 1330. The second-order valence-electron chi connectivity index (χ2n) is 16.1. The maximum absolute atomic E-state index is 13.6. The second-order valence-corrected chi connectivity index (χ2v) is 17.2. The predicted octanol–water partition coefficient (Wildman–Crippen LogP) is 6.48. The Morgan fingerprint density at radius 3 is 2.35 bits per heavy atom. The molecule has 4 rings (SSSR count). The monoisotopic (exact) mass is 686 g/mol. The fourth-order valence-electron chi connectivity index (χ4n) is 8.81. The largest absolute Gasteiger partial charge is 0.461 e. The molecule has 0 aliphatic heterocycles. The van der Waals surface area contributed by atoms with Gasteiger partial charge in [0.2, 0.25) is 5.91 Å². The molecule has 3 saturated carbocycles. The minimum atomic E-state index is -0.578. The van der Waals surface area contributed by atoms with Crippen molar-refractivity contribution in [3.63, 3.8) is 0 Å². The first-order chi connectivity index (χ1) is 22.4. The fourth-order valence-corrected chi connectivity index (χ4v) is 9.50. The summed E-state index contributed by atoms with van der Waals surface area (Å²) in [5, 5.41) is 17.3. The lowest BCUT2D eigenvalue weighted by atomic mass is 9.43. The Morgan fingerprint density at radius 1 is 1.04 bits per heavy atom. The van der Waals surface area contributed by atoms with Crippen LogP contribution < -0.4 is 10.6 Å². The Labute approximate surface area is 291 Å². The summed E-state index contributed by atoms with van der Waals surface area (Å²) in [5.41, 5.74) is -0.877. The van der Waals surface area contributed by atoms with E-state index in [-0.39, 0.29) is 53.0 Å². The zero-order chi connectivity index (χ0) is 35.5. The van der Waals surface area contributed by atoms with E-state index >= 15 is 0 Å². The molecular weight excluding hydrogens is 628 g/mol. The number of hydrogen-bond acceptors (Lipinski definition) is 8. The van der Waals surface area contributed by atoms with E-state index in [2.05, 4.69) is 45.3 Å². The van der Waals surface area contributed by atoms with Crippen LogP contribution in [0.3, 0.4) is 0 Å². The summed E-state index contributed by atoms with van der Waals surface area (Å²) in [7, 11) is 0. The molecule has 10 heteroatoms. The number of thioether (sulfide) groups is 1. The van der Waals surface area contributed by atoms with E-state index in [0.29, 0.717) is 32.4 Å². The second kappa shape index (κ2) is 15.1. The molecule has 0 saturated heterocycles. The number of esters is 1. The molecule has 9 nitrogen and oxygen atoms in total. The van der Waals surface area contributed by atoms with Crippen LogP contribution in [0.25, 0.3) is 0 Å². The minimum Gasteiger partial charge on any atom is -0.461 e. The number of Topliss-reactive ketones (excluding diaryl/α,β-unsaturated/α-hetero) is 1. The van der Waals surface area contributed by atoms with Gasteiger partial charge in [0.1, 0.15) is 17.5 Å². The van der Waals surface area contributed by atoms with Gasteiger partial charge in [0.05, 0.1) is 18.3 Å². The lowest BCUT2D eigenvalue weighted by Gasteiger charge is -2.62. The van der Waals surface area contributed by atoms with Crippen LogP contribution in [0, 0.1) is 34.0 Å². The molecule has 0 aromatic heterocycles. The topological polar surface area (TPSA) is 131 Å². The summed E-state index contributed by atoms with van der Waals surface area (Å²) in [5.74, 6) is -0.0312. The van der Waals surface area contributed by atoms with Gasteiger partial charge in [0.25, 0.3) is 0 Å². The third-order valence-electron chi connectivity index (χ3n) is 12.0. The number of aliphatic hydroxyl groups is 1. The van der Waals surface area contributed by atoms with Gasteiger partial charge in [0.15, 0.2) is 0 Å². The van der Waals surface area contributed by atoms with Gasteiger partial charge in [-0.3, -0.25) is 14.4 Å². The number of alkyl carbamates (subject to hydrolysis) is 1. The molecule has 1 aromatic carbocycles. The van der Waals surface area contributed by atoms with Crippen LogP contribution in [0.5, 0.6) is 0 Å². The van der Waals surface area contributed by atoms with Crippen LogP contribution in [0.1, 0.15) is 106 Å². The average Bonchev–Trinajstić information content (AvgIpc) is 3.37. The van der Waals surface area contributed by atoms with Crippen molar-refractivity contribution >= 4 is 35.5 Å². The Balaban J connectivity index is 1.32. The molecule has 48 heavy (non-hydrogen) atoms. The summed E-state index contributed by atoms with van der Waals surface area (Å²) in [6, 6.07) is 7.58. The highest BCUT2D eigenvalue weighted by molar-refractivity contribution is 8.00. The van der Waals surface area contributed by atoms with Gasteiger partial charge in [-0.2, -0.15) is 0 Å². The summed E-state index contributed by atoms with van der Waals surface area (Å²) in [6.07, 6.45) is 3.82. The molecule has 268 valence electrons. The van der Waals surface area contributed by atoms with Gasteiger partial charge >= 0.3 is 12.1 Å². The van der Waals surface area contributed by atoms with Gasteiger partial charge in [-0.25, -0.2) is 4.79 Å². The zero-order valence-electron chi connectivity index (χ0n) is 30.3. The highest BCUT2D eigenvalue weighted by Crippen LogP contribution is 2.68. The quantitative estimate of drug-likeness (QED) is 0.137. The highest BCUT2D eigenvalue weighted by Gasteiger charge is 2.68. The van der Waals surface area contributed by atoms with E-state index < -0.39 is 34.7 Å². The van der Waals surface area contributed by atoms with Crippen molar-refractivity contribution in [3.8, 4) is 0 Å². The van der Waals surface area contributed by atoms with Crippen molar-refractivity contribution in [3.05, 3.63) is 29.8 Å². The number of aliphatic hydroxyl groups excluding tert-OH is 1. The lowest BCUT2D eigenvalue weighted by Crippen LogP contribution is -2.63. The van der Waals surface area contributed by atoms with Crippen molar-refractivity contribution in [2.45, 2.75) is 129 Å². The fraction of sp³-hybridized carbons (Fsp3) is 0.737. The Kier molecular flexibility index (Phi) is 12.0. The minimum absolute atomic E-state index is 0.0000869. The summed E-state index contributed by atoms with van der Waals surface area (Å²) >= 11 is 1.39. The number of carbonyl (C=O) groups excluding carboxylic acids is 4. The average molecular weight is 687 g/mol. The molecule has 2 bridgehead atoms. The smallest absolute Gasteiger partial charge is 0.407 e. The molecule has 0 spiro atoms. The van der Waals surface area contributed by atoms with E-state index in [1.807, 2.05) is 24.3 Å². The molecule has 3 N–H and O–H groups in total. The van der Waals surface area contributed by atoms with Gasteiger partial charge in [-0.05, 0) is 99.7 Å². The van der Waals surface area contributed by atoms with Crippen molar-refractivity contribution in [1.29, 1.82) is 0 Å². The first-order valence-corrected chi connectivity index (χ1v) is 18.8. The number of nitrogens with one attached hydrogen (secondary N) is 2. The van der Waals surface area contributed by atoms with Gasteiger partial charge < -0.3 is 25.2 Å². The van der Waals surface area contributed by atoms with Crippen molar-refractivity contribution < 1.29 is 33.8 Å². The number of hydrogen-bond donors (Lipinski definition) is 3. The van der Waals surface area contributed by atoms with Crippen LogP contribution in [-0.2, 0) is 30.3 Å². The van der Waals surface area contributed by atoms with E-state index in [1.54, 1.807) is 20.8 Å². The molecule has 2 amide bonds. The van der Waals surface area contributed by atoms with Crippen LogP contribution in [-0.4, -0.2) is 65.5 Å². The van der Waals surface area contributed by atoms with E-state index in [0.717, 1.165) is 36.1 Å². The molecule has 0 heterocycles. The number of ether oxygens (including phenoxy) is 2. The van der Waals surface area contributed by atoms with Crippen LogP contribution in [0.2, 0.25) is 0 Å². The lowest BCUT2D eigenvalue weighted by molar-refractivity contribution is -0.211. The summed E-state index contributed by atoms with van der Waals surface area (Å²) in [6.45, 7) is 17.0. The van der Waals surface area contributed by atoms with Crippen LogP contribution >= 0.6 is 11.8 Å². The number of ketones is 1. The van der Waals surface area contributed by atoms with Crippen LogP contribution in [0.15, 0.2) is 29.2 Å². The maximum atomic E-state index is 13.6. The summed E-state index contributed by atoms with van der Waals surface area (Å²) < 4.78 is 11.6. The number of amides is 2. The standard InChI is InChI=1S/C38H58N2O7S/c1-9-36(7)22-29(37(8)24(2)15-17-38(25(3)33(36)44)18-16-28(41)32(37)38)46-31(43)23-48-27-13-11-26(12-14-27)21-30(42)39-19-10-20-40-34(45)47-35(4,5)6/h11-14,24-25,29,32-33,44H,9-10,15-23H2,1-8H3,(H,39,42)(H,40,45)/t24-,25+,29?,32+,33+,36+,37+,38+/m1/s1. The third-order valence-corrected chi connectivity index (χ3v) is 13.0. The normalized spacial score (nSPS) is 33.2. The number of benzene rings is 1. The maximum Gasteiger partial charge on any atom is 0.407 e. The van der Waals surface area contributed by atoms with Crippen molar-refractivity contribution in [2.75, 3.05) is 18.8 Å². The summed E-state index contributed by atoms with van der Waals surface area (Å²) in [4.78, 5) is 52.2. The first kappa shape index (κ1) is 38.2. The molecular formula is C38H58N2O7S. The van der Waals surface area contributed by atoms with E-state index in [9.17, 15) is 24.3 Å². The first-order valence-electron chi connectivity index (χ1n) is 17.8. The molecule has 3 fully saturated rings. The molecule has 3 aliphatic carbocycles. The predicted molar refractivity (Wildman–Crippen MR) is 187 cm³/mol. The van der Waals surface area contributed by atoms with Crippen molar-refractivity contribution in [2.24, 2.45) is 34.0 Å². The third kappa shape index (κ3) is 8.23. The van der Waals surface area contributed by atoms with Gasteiger partial charge in [-0.15, -0.1) is 11.8 Å². The molecule has 8 atom stereocenters. The van der Waals surface area contributed by atoms with Gasteiger partial charge in [0, 0.05) is 35.7 Å². The highest BCUT2D eigenvalue weighted by atomic mass is 32.2. The van der Waals surface area contributed by atoms with E-state index in [4.69, 9.17) is 9.47 Å². The number of rotatable bonds is 11. The Hall–Kier alpha value is -2.59. The Morgan fingerprint density at radius 2 is 1.71 bits per heavy atom.